The number of pyridine rings is 1. The van der Waals surface area contributed by atoms with Crippen molar-refractivity contribution in [2.24, 2.45) is 11.3 Å². The normalized spacial score (nSPS) is 20.6. The fourth-order valence-electron chi connectivity index (χ4n) is 6.24. The predicted molar refractivity (Wildman–Crippen MR) is 152 cm³/mol. The quantitative estimate of drug-likeness (QED) is 0.219. The van der Waals surface area contributed by atoms with Crippen molar-refractivity contribution in [3.63, 3.8) is 0 Å². The molecule has 2 aliphatic carbocycles. The van der Waals surface area contributed by atoms with Crippen LogP contribution < -0.4 is 10.1 Å². The van der Waals surface area contributed by atoms with Gasteiger partial charge >= 0.3 is 0 Å². The van der Waals surface area contributed by atoms with Gasteiger partial charge in [0.05, 0.1) is 36.8 Å². The van der Waals surface area contributed by atoms with E-state index in [0.29, 0.717) is 18.2 Å². The summed E-state index contributed by atoms with van der Waals surface area (Å²) in [5, 5.41) is 3.34. The number of unbranched alkanes of at least 4 members (excludes halogenated alkanes) is 2. The van der Waals surface area contributed by atoms with E-state index in [2.05, 4.69) is 33.3 Å². The minimum Gasteiger partial charge on any atom is -0.480 e. The molecule has 3 fully saturated rings. The number of ether oxygens (including phenoxy) is 1. The van der Waals surface area contributed by atoms with Gasteiger partial charge in [-0.25, -0.2) is 15.0 Å². The monoisotopic (exact) mass is 560 g/mol. The van der Waals surface area contributed by atoms with Gasteiger partial charge in [0, 0.05) is 24.0 Å². The number of ketones is 1. The van der Waals surface area contributed by atoms with E-state index in [1.54, 1.807) is 13.3 Å². The number of aromatic nitrogens is 4. The van der Waals surface area contributed by atoms with Crippen LogP contribution >= 0.6 is 0 Å². The van der Waals surface area contributed by atoms with Crippen LogP contribution in [0.2, 0.25) is 0 Å². The molecular weight excluding hydrogens is 520 g/mol. The van der Waals surface area contributed by atoms with Crippen LogP contribution in [0.4, 0.5) is 0 Å². The summed E-state index contributed by atoms with van der Waals surface area (Å²) in [6.07, 6.45) is 13.8. The summed E-state index contributed by atoms with van der Waals surface area (Å²) < 4.78 is 10.7. The topological polar surface area (TPSA) is 126 Å². The number of oxazole rings is 1. The number of aromatic amines is 1. The number of nitrogens with one attached hydrogen (secondary N) is 2. The fraction of sp³-hybridized carbons (Fsp3) is 0.581. The number of H-pyrrole nitrogens is 1. The van der Waals surface area contributed by atoms with Crippen LogP contribution in [0.5, 0.6) is 5.88 Å². The third-order valence-electron chi connectivity index (χ3n) is 9.16. The second kappa shape index (κ2) is 11.8. The smallest absolute Gasteiger partial charge is 0.263 e. The Hall–Kier alpha value is -3.53. The van der Waals surface area contributed by atoms with Crippen LogP contribution in [0.15, 0.2) is 35.2 Å². The molecule has 4 heterocycles. The number of piperidine rings is 1. The largest absolute Gasteiger partial charge is 0.480 e. The van der Waals surface area contributed by atoms with Gasteiger partial charge in [0.2, 0.25) is 17.6 Å². The van der Waals surface area contributed by atoms with Crippen LogP contribution in [-0.4, -0.2) is 63.8 Å². The molecule has 10 nitrogen and oxygen atoms in total. The van der Waals surface area contributed by atoms with Crippen LogP contribution in [0.1, 0.15) is 98.4 Å². The summed E-state index contributed by atoms with van der Waals surface area (Å²) in [5.41, 5.74) is 2.92. The number of imidazole rings is 1. The first-order chi connectivity index (χ1) is 20.0. The number of Topliss-reactive ketones (excluding diaryl/α,β-unsaturated/α-hetero) is 1. The van der Waals surface area contributed by atoms with Gasteiger partial charge in [0.25, 0.3) is 5.89 Å². The highest BCUT2D eigenvalue weighted by molar-refractivity contribution is 5.91. The molecule has 2 saturated carbocycles. The van der Waals surface area contributed by atoms with E-state index in [0.717, 1.165) is 80.8 Å². The zero-order chi connectivity index (χ0) is 28.4. The second-order valence-electron chi connectivity index (χ2n) is 12.1. The lowest BCUT2D eigenvalue weighted by atomic mass is 9.91. The van der Waals surface area contributed by atoms with Gasteiger partial charge in [-0.2, -0.15) is 0 Å². The molecule has 3 aromatic rings. The van der Waals surface area contributed by atoms with E-state index in [9.17, 15) is 9.59 Å². The van der Waals surface area contributed by atoms with Crippen molar-refractivity contribution in [3.8, 4) is 17.1 Å². The second-order valence-corrected chi connectivity index (χ2v) is 12.1. The molecule has 0 bridgehead atoms. The standard InChI is InChI=1S/C31H40N6O4/c1-37-15-12-31(13-16-37)18-22(31)28(39)35-24(6-4-3-5-7-26(38)30-32-14-17-41-30)27-33-19-25(34-27)21-10-11-23(20-8-9-20)36-29(21)40-2/h10-11,14,17,19-20,22,24H,3-9,12-13,15-16,18H2,1-2H3,(H,33,34)(H,35,39)/t22-,24?/m1/s1. The highest BCUT2D eigenvalue weighted by Crippen LogP contribution is 2.59. The molecule has 0 radical (unpaired) electrons. The predicted octanol–water partition coefficient (Wildman–Crippen LogP) is 5.07. The SMILES string of the molecule is COc1nc(C2CC2)ccc1-c1cnc(C(CCCCCC(=O)c2ncco2)NC(=O)[C@H]2CC23CCN(C)CC3)[nH]1. The van der Waals surface area contributed by atoms with Crippen molar-refractivity contribution in [3.05, 3.63) is 48.2 Å². The van der Waals surface area contributed by atoms with Gasteiger partial charge < -0.3 is 24.4 Å². The summed E-state index contributed by atoms with van der Waals surface area (Å²) in [7, 11) is 3.79. The van der Waals surface area contributed by atoms with Crippen molar-refractivity contribution < 1.29 is 18.7 Å². The Morgan fingerprint density at radius 1 is 1.20 bits per heavy atom. The van der Waals surface area contributed by atoms with E-state index in [1.807, 2.05) is 6.07 Å². The molecule has 218 valence electrons. The number of nitrogens with zero attached hydrogens (tertiary/aromatic N) is 4. The van der Waals surface area contributed by atoms with Gasteiger partial charge in [0.15, 0.2) is 0 Å². The van der Waals surface area contributed by atoms with Gasteiger partial charge in [-0.1, -0.05) is 12.8 Å². The molecule has 3 aliphatic rings. The van der Waals surface area contributed by atoms with Crippen molar-refractivity contribution in [1.29, 1.82) is 0 Å². The summed E-state index contributed by atoms with van der Waals surface area (Å²) >= 11 is 0. The number of amides is 1. The average molecular weight is 561 g/mol. The van der Waals surface area contributed by atoms with Crippen LogP contribution in [0.3, 0.4) is 0 Å². The van der Waals surface area contributed by atoms with E-state index >= 15 is 0 Å². The van der Waals surface area contributed by atoms with Crippen LogP contribution in [0.25, 0.3) is 11.3 Å². The molecule has 6 rings (SSSR count). The number of hydrogen-bond donors (Lipinski definition) is 2. The minimum atomic E-state index is -0.243. The third-order valence-corrected chi connectivity index (χ3v) is 9.16. The van der Waals surface area contributed by atoms with Gasteiger partial charge in [-0.15, -0.1) is 0 Å². The molecule has 3 aromatic heterocycles. The Morgan fingerprint density at radius 3 is 2.76 bits per heavy atom. The number of carbonyl (C=O) groups is 2. The molecule has 1 spiro atoms. The molecule has 2 N–H and O–H groups in total. The van der Waals surface area contributed by atoms with Crippen molar-refractivity contribution in [2.75, 3.05) is 27.2 Å². The Morgan fingerprint density at radius 2 is 2.02 bits per heavy atom. The molecule has 1 amide bonds. The van der Waals surface area contributed by atoms with Crippen molar-refractivity contribution >= 4 is 11.7 Å². The Labute approximate surface area is 240 Å². The highest BCUT2D eigenvalue weighted by atomic mass is 16.5. The van der Waals surface area contributed by atoms with Gasteiger partial charge in [-0.05, 0) is 82.6 Å². The van der Waals surface area contributed by atoms with E-state index in [-0.39, 0.29) is 35.0 Å². The molecule has 10 heteroatoms. The zero-order valence-electron chi connectivity index (χ0n) is 24.0. The summed E-state index contributed by atoms with van der Waals surface area (Å²) in [5.74, 6) is 2.15. The van der Waals surface area contributed by atoms with Gasteiger partial charge in [0.1, 0.15) is 12.1 Å². The summed E-state index contributed by atoms with van der Waals surface area (Å²) in [6, 6.07) is 3.87. The Balaban J connectivity index is 1.12. The fourth-order valence-corrected chi connectivity index (χ4v) is 6.24. The van der Waals surface area contributed by atoms with Crippen LogP contribution in [-0.2, 0) is 4.79 Å². The first-order valence-electron chi connectivity index (χ1n) is 15.0. The Kier molecular flexibility index (Phi) is 7.92. The summed E-state index contributed by atoms with van der Waals surface area (Å²) in [6.45, 7) is 2.10. The van der Waals surface area contributed by atoms with Crippen molar-refractivity contribution in [2.45, 2.75) is 76.2 Å². The maximum Gasteiger partial charge on any atom is 0.263 e. The van der Waals surface area contributed by atoms with E-state index in [1.165, 1.54) is 25.3 Å². The maximum atomic E-state index is 13.5. The molecule has 1 saturated heterocycles. The number of likely N-dealkylation sites (tertiary alicyclic amines) is 1. The first kappa shape index (κ1) is 27.6. The molecular formula is C31H40N6O4. The molecule has 41 heavy (non-hydrogen) atoms. The minimum absolute atomic E-state index is 0.0748. The third kappa shape index (κ3) is 6.22. The zero-order valence-corrected chi connectivity index (χ0v) is 24.0. The van der Waals surface area contributed by atoms with E-state index < -0.39 is 0 Å². The highest BCUT2D eigenvalue weighted by Gasteiger charge is 2.58. The molecule has 0 aromatic carbocycles. The van der Waals surface area contributed by atoms with Gasteiger partial charge in [-0.3, -0.25) is 9.59 Å². The van der Waals surface area contributed by atoms with Crippen LogP contribution in [0, 0.1) is 11.3 Å². The number of hydrogen-bond acceptors (Lipinski definition) is 8. The number of methoxy groups -OCH3 is 1. The Bertz CT molecular complexity index is 1360. The molecule has 2 atom stereocenters. The summed E-state index contributed by atoms with van der Waals surface area (Å²) in [4.78, 5) is 44.9. The number of carbonyl (C=O) groups excluding carboxylic acids is 2. The first-order valence-corrected chi connectivity index (χ1v) is 15.0. The lowest BCUT2D eigenvalue weighted by Gasteiger charge is -2.30. The lowest BCUT2D eigenvalue weighted by molar-refractivity contribution is -0.124. The molecule has 1 aliphatic heterocycles. The lowest BCUT2D eigenvalue weighted by Crippen LogP contribution is -2.36. The maximum absolute atomic E-state index is 13.5. The van der Waals surface area contributed by atoms with Crippen molar-refractivity contribution in [1.82, 2.24) is 30.2 Å². The van der Waals surface area contributed by atoms with E-state index in [4.69, 9.17) is 19.1 Å². The number of rotatable bonds is 13. The average Bonchev–Trinajstić information content (AvgIpc) is 3.82. The molecule has 1 unspecified atom stereocenters.